The molecule has 2 aromatic heterocycles. The van der Waals surface area contributed by atoms with E-state index in [2.05, 4.69) is 17.0 Å². The number of aromatic nitrogens is 3. The number of hydrogen-bond donors (Lipinski definition) is 0. The Morgan fingerprint density at radius 1 is 1.22 bits per heavy atom. The van der Waals surface area contributed by atoms with Crippen LogP contribution in [0.1, 0.15) is 38.3 Å². The molecular formula is C23H34N4O5. The Hall–Kier alpha value is -2.49. The van der Waals surface area contributed by atoms with Crippen LogP contribution >= 0.6 is 0 Å². The van der Waals surface area contributed by atoms with E-state index in [4.69, 9.17) is 18.9 Å². The maximum absolute atomic E-state index is 13.2. The Bertz CT molecular complexity index is 808. The van der Waals surface area contributed by atoms with E-state index in [0.29, 0.717) is 12.2 Å². The van der Waals surface area contributed by atoms with Crippen LogP contribution in [0.25, 0.3) is 0 Å². The Balaban J connectivity index is 1.66. The molecule has 0 radical (unpaired) electrons. The van der Waals surface area contributed by atoms with E-state index in [1.807, 2.05) is 24.4 Å². The van der Waals surface area contributed by atoms with Gasteiger partial charge >= 0.3 is 0 Å². The maximum Gasteiger partial charge on any atom is 0.232 e. The fraction of sp³-hybridized carbons (Fsp3) is 0.609. The van der Waals surface area contributed by atoms with E-state index in [1.54, 1.807) is 24.2 Å². The van der Waals surface area contributed by atoms with Crippen molar-refractivity contribution in [3.63, 3.8) is 0 Å². The number of pyridine rings is 1. The largest absolute Gasteiger partial charge is 0.490 e. The number of nitrogens with zero attached hydrogens (tertiary/aromatic N) is 4. The fourth-order valence-electron chi connectivity index (χ4n) is 3.83. The molecule has 1 aliphatic carbocycles. The molecule has 2 heterocycles. The number of carbonyl (C=O) groups is 1. The molecule has 0 aromatic carbocycles. The summed E-state index contributed by atoms with van der Waals surface area (Å²) in [5, 5.41) is 4.21. The highest BCUT2D eigenvalue weighted by Gasteiger charge is 2.26. The minimum atomic E-state index is -0.606. The molecule has 0 bridgehead atoms. The van der Waals surface area contributed by atoms with Gasteiger partial charge in [-0.05, 0) is 43.7 Å². The molecule has 1 aliphatic rings. The van der Waals surface area contributed by atoms with Gasteiger partial charge < -0.3 is 18.9 Å². The van der Waals surface area contributed by atoms with Crippen molar-refractivity contribution in [2.24, 2.45) is 5.92 Å². The van der Waals surface area contributed by atoms with E-state index in [1.165, 1.54) is 24.9 Å². The normalized spacial score (nSPS) is 19.5. The first-order valence-electron chi connectivity index (χ1n) is 11.1. The quantitative estimate of drug-likeness (QED) is 0.463. The third-order valence-corrected chi connectivity index (χ3v) is 5.60. The molecular weight excluding hydrogens is 412 g/mol. The number of amides is 1. The third-order valence-electron chi connectivity index (χ3n) is 5.60. The molecule has 0 saturated heterocycles. The van der Waals surface area contributed by atoms with Crippen LogP contribution in [0.15, 0.2) is 36.8 Å². The zero-order valence-electron chi connectivity index (χ0n) is 19.2. The molecule has 3 rings (SSSR count). The summed E-state index contributed by atoms with van der Waals surface area (Å²) in [6.45, 7) is 2.75. The molecule has 0 N–H and O–H groups in total. The number of rotatable bonds is 12. The van der Waals surface area contributed by atoms with Crippen molar-refractivity contribution >= 4 is 5.91 Å². The summed E-state index contributed by atoms with van der Waals surface area (Å²) >= 11 is 0. The van der Waals surface area contributed by atoms with Crippen molar-refractivity contribution in [1.29, 1.82) is 0 Å². The van der Waals surface area contributed by atoms with Gasteiger partial charge in [-0.1, -0.05) is 6.92 Å². The van der Waals surface area contributed by atoms with E-state index in [-0.39, 0.29) is 32.0 Å². The van der Waals surface area contributed by atoms with Crippen LogP contribution in [0.5, 0.6) is 5.75 Å². The highest BCUT2D eigenvalue weighted by molar-refractivity contribution is 5.78. The topological polar surface area (TPSA) is 87.9 Å². The van der Waals surface area contributed by atoms with Crippen LogP contribution in [0.3, 0.4) is 0 Å². The lowest BCUT2D eigenvalue weighted by Crippen LogP contribution is -2.46. The minimum Gasteiger partial charge on any atom is -0.490 e. The Kier molecular flexibility index (Phi) is 9.45. The second-order valence-corrected chi connectivity index (χ2v) is 8.20. The van der Waals surface area contributed by atoms with Gasteiger partial charge in [0.2, 0.25) is 5.91 Å². The van der Waals surface area contributed by atoms with Gasteiger partial charge in [-0.25, -0.2) is 0 Å². The van der Waals surface area contributed by atoms with Crippen LogP contribution in [0.2, 0.25) is 0 Å². The van der Waals surface area contributed by atoms with Crippen LogP contribution < -0.4 is 4.74 Å². The predicted molar refractivity (Wildman–Crippen MR) is 118 cm³/mol. The Labute approximate surface area is 189 Å². The van der Waals surface area contributed by atoms with Crippen molar-refractivity contribution in [1.82, 2.24) is 19.7 Å². The number of methoxy groups -OCH3 is 2. The Morgan fingerprint density at radius 2 is 2.03 bits per heavy atom. The van der Waals surface area contributed by atoms with Crippen LogP contribution in [0, 0.1) is 5.92 Å². The molecule has 1 atom stereocenters. The van der Waals surface area contributed by atoms with Crippen molar-refractivity contribution in [2.75, 3.05) is 27.7 Å². The first kappa shape index (κ1) is 24.2. The average Bonchev–Trinajstić information content (AvgIpc) is 3.30. The summed E-state index contributed by atoms with van der Waals surface area (Å²) < 4.78 is 24.0. The van der Waals surface area contributed by atoms with Crippen molar-refractivity contribution in [3.05, 3.63) is 42.5 Å². The summed E-state index contributed by atoms with van der Waals surface area (Å²) in [7, 11) is 3.08. The number of ether oxygens (including phenoxy) is 4. The predicted octanol–water partition coefficient (Wildman–Crippen LogP) is 2.86. The van der Waals surface area contributed by atoms with E-state index in [0.717, 1.165) is 24.5 Å². The van der Waals surface area contributed by atoms with Gasteiger partial charge in [-0.2, -0.15) is 5.10 Å². The highest BCUT2D eigenvalue weighted by atomic mass is 16.7. The first-order chi connectivity index (χ1) is 15.6. The maximum atomic E-state index is 13.2. The van der Waals surface area contributed by atoms with Gasteiger partial charge in [0, 0.05) is 38.9 Å². The molecule has 9 heteroatoms. The highest BCUT2D eigenvalue weighted by Crippen LogP contribution is 2.27. The number of carbonyl (C=O) groups excluding carboxylic acids is 1. The molecule has 2 aromatic rings. The lowest BCUT2D eigenvalue weighted by Gasteiger charge is -2.31. The van der Waals surface area contributed by atoms with Gasteiger partial charge in [-0.15, -0.1) is 0 Å². The molecule has 0 aliphatic heterocycles. The van der Waals surface area contributed by atoms with E-state index >= 15 is 0 Å². The zero-order valence-corrected chi connectivity index (χ0v) is 19.2. The zero-order chi connectivity index (χ0) is 22.8. The third kappa shape index (κ3) is 7.29. The van der Waals surface area contributed by atoms with Crippen LogP contribution in [0.4, 0.5) is 0 Å². The summed E-state index contributed by atoms with van der Waals surface area (Å²) in [5.74, 6) is 1.35. The van der Waals surface area contributed by atoms with Crippen molar-refractivity contribution < 1.29 is 23.7 Å². The SMILES string of the molecule is COCOC(Cn1cccn1)N(COC)C(=O)Cc1cc(O[C@H]2CC[C@H](C)CC2)ccn1. The summed E-state index contributed by atoms with van der Waals surface area (Å²) in [6, 6.07) is 5.51. The molecule has 1 unspecified atom stereocenters. The molecule has 1 amide bonds. The fourth-order valence-corrected chi connectivity index (χ4v) is 3.83. The van der Waals surface area contributed by atoms with Gasteiger partial charge in [-0.3, -0.25) is 19.4 Å². The van der Waals surface area contributed by atoms with E-state index in [9.17, 15) is 4.79 Å². The first-order valence-corrected chi connectivity index (χ1v) is 11.1. The monoisotopic (exact) mass is 446 g/mol. The van der Waals surface area contributed by atoms with Gasteiger partial charge in [0.1, 0.15) is 19.3 Å². The molecule has 9 nitrogen and oxygen atoms in total. The van der Waals surface area contributed by atoms with Crippen molar-refractivity contribution in [3.8, 4) is 5.75 Å². The molecule has 1 saturated carbocycles. The minimum absolute atomic E-state index is 0.0427. The number of hydrogen-bond acceptors (Lipinski definition) is 7. The molecule has 32 heavy (non-hydrogen) atoms. The second-order valence-electron chi connectivity index (χ2n) is 8.20. The van der Waals surface area contributed by atoms with Crippen LogP contribution in [-0.2, 0) is 32.0 Å². The molecule has 176 valence electrons. The summed E-state index contributed by atoms with van der Waals surface area (Å²) in [4.78, 5) is 19.1. The van der Waals surface area contributed by atoms with Crippen LogP contribution in [-0.4, -0.2) is 65.6 Å². The van der Waals surface area contributed by atoms with Gasteiger partial charge in [0.25, 0.3) is 0 Å². The second kappa shape index (κ2) is 12.5. The smallest absolute Gasteiger partial charge is 0.232 e. The lowest BCUT2D eigenvalue weighted by molar-refractivity contribution is -0.175. The lowest BCUT2D eigenvalue weighted by atomic mass is 9.89. The standard InChI is InChI=1S/C23H34N4O5/c1-18-5-7-20(8-6-18)32-21-9-11-24-19(13-21)14-22(28)27(16-29-2)23(31-17-30-3)15-26-12-4-10-25-26/h4,9-13,18,20,23H,5-8,14-17H2,1-3H3/t18-,20-,23?. The van der Waals surface area contributed by atoms with Gasteiger partial charge in [0.05, 0.1) is 24.8 Å². The Morgan fingerprint density at radius 3 is 2.72 bits per heavy atom. The molecule has 1 fully saturated rings. The van der Waals surface area contributed by atoms with E-state index < -0.39 is 6.23 Å². The average molecular weight is 447 g/mol. The van der Waals surface area contributed by atoms with Crippen molar-refractivity contribution in [2.45, 2.75) is 57.9 Å². The molecule has 0 spiro atoms. The summed E-state index contributed by atoms with van der Waals surface area (Å²) in [5.41, 5.74) is 0.641. The van der Waals surface area contributed by atoms with Gasteiger partial charge in [0.15, 0.2) is 6.23 Å². The summed E-state index contributed by atoms with van der Waals surface area (Å²) in [6.07, 6.45) is 9.40.